The van der Waals surface area contributed by atoms with E-state index >= 15 is 0 Å². The van der Waals surface area contributed by atoms with E-state index in [0.717, 1.165) is 5.56 Å². The van der Waals surface area contributed by atoms with Crippen molar-refractivity contribution in [1.29, 1.82) is 5.26 Å². The van der Waals surface area contributed by atoms with Crippen LogP contribution in [0.5, 0.6) is 0 Å². The SMILES string of the molecule is N#CC1=C(N)OC2NNC(c3ccccc3)C2C1c1c(F)cccc1Cl. The Morgan fingerprint density at radius 3 is 2.58 bits per heavy atom. The normalized spacial score (nSPS) is 27.6. The highest BCUT2D eigenvalue weighted by atomic mass is 35.5. The number of nitrogens with zero attached hydrogens (tertiary/aromatic N) is 1. The summed E-state index contributed by atoms with van der Waals surface area (Å²) in [5, 5.41) is 9.94. The summed E-state index contributed by atoms with van der Waals surface area (Å²) in [5.41, 5.74) is 13.6. The molecule has 2 aromatic rings. The minimum Gasteiger partial charge on any atom is -0.458 e. The average molecular weight is 371 g/mol. The largest absolute Gasteiger partial charge is 0.458 e. The third-order valence-corrected chi connectivity index (χ3v) is 5.25. The average Bonchev–Trinajstić information content (AvgIpc) is 3.05. The molecule has 2 aliphatic heterocycles. The molecule has 26 heavy (non-hydrogen) atoms. The highest BCUT2D eigenvalue weighted by Gasteiger charge is 2.50. The maximum atomic E-state index is 14.7. The van der Waals surface area contributed by atoms with Gasteiger partial charge in [0.2, 0.25) is 5.88 Å². The number of nitriles is 1. The molecule has 0 radical (unpaired) electrons. The maximum absolute atomic E-state index is 14.7. The van der Waals surface area contributed by atoms with Crippen LogP contribution in [0.3, 0.4) is 0 Å². The molecule has 0 bridgehead atoms. The molecular weight excluding hydrogens is 355 g/mol. The summed E-state index contributed by atoms with van der Waals surface area (Å²) in [6, 6.07) is 16.1. The van der Waals surface area contributed by atoms with Crippen molar-refractivity contribution < 1.29 is 9.13 Å². The van der Waals surface area contributed by atoms with Crippen molar-refractivity contribution in [3.05, 3.63) is 82.0 Å². The van der Waals surface area contributed by atoms with Crippen LogP contribution in [0.2, 0.25) is 5.02 Å². The molecule has 0 spiro atoms. The molecule has 4 atom stereocenters. The van der Waals surface area contributed by atoms with E-state index in [1.807, 2.05) is 30.3 Å². The van der Waals surface area contributed by atoms with E-state index < -0.39 is 18.0 Å². The third kappa shape index (κ3) is 2.61. The molecule has 4 N–H and O–H groups in total. The molecule has 2 aliphatic rings. The quantitative estimate of drug-likeness (QED) is 0.756. The van der Waals surface area contributed by atoms with Gasteiger partial charge in [0.25, 0.3) is 0 Å². The summed E-state index contributed by atoms with van der Waals surface area (Å²) >= 11 is 6.32. The molecule has 2 aromatic carbocycles. The lowest BCUT2D eigenvalue weighted by atomic mass is 9.74. The molecule has 7 heteroatoms. The van der Waals surface area contributed by atoms with Gasteiger partial charge in [0.1, 0.15) is 11.9 Å². The fourth-order valence-electron chi connectivity index (χ4n) is 3.80. The van der Waals surface area contributed by atoms with E-state index in [1.54, 1.807) is 6.07 Å². The Kier molecular flexibility index (Phi) is 4.29. The van der Waals surface area contributed by atoms with Gasteiger partial charge >= 0.3 is 0 Å². The number of nitrogens with one attached hydrogen (secondary N) is 2. The Labute approximate surface area is 155 Å². The van der Waals surface area contributed by atoms with Crippen molar-refractivity contribution in [2.24, 2.45) is 11.7 Å². The molecule has 0 amide bonds. The van der Waals surface area contributed by atoms with Gasteiger partial charge < -0.3 is 10.5 Å². The molecule has 4 unspecified atom stereocenters. The zero-order valence-electron chi connectivity index (χ0n) is 13.6. The molecular formula is C19H16ClFN4O. The second-order valence-corrected chi connectivity index (χ2v) is 6.70. The first kappa shape index (κ1) is 16.9. The number of hydrogen-bond acceptors (Lipinski definition) is 5. The van der Waals surface area contributed by atoms with Gasteiger partial charge in [0, 0.05) is 22.4 Å². The van der Waals surface area contributed by atoms with E-state index in [2.05, 4.69) is 16.9 Å². The first-order valence-corrected chi connectivity index (χ1v) is 8.56. The highest BCUT2D eigenvalue weighted by Crippen LogP contribution is 2.49. The predicted octanol–water partition coefficient (Wildman–Crippen LogP) is 3.08. The van der Waals surface area contributed by atoms with Gasteiger partial charge in [-0.2, -0.15) is 5.26 Å². The summed E-state index contributed by atoms with van der Waals surface area (Å²) in [7, 11) is 0. The smallest absolute Gasteiger partial charge is 0.200 e. The van der Waals surface area contributed by atoms with Crippen LogP contribution < -0.4 is 16.6 Å². The summed E-state index contributed by atoms with van der Waals surface area (Å²) in [5.74, 6) is -1.43. The molecule has 0 aromatic heterocycles. The van der Waals surface area contributed by atoms with Crippen LogP contribution in [0.15, 0.2) is 60.0 Å². The van der Waals surface area contributed by atoms with Gasteiger partial charge in [0.15, 0.2) is 6.23 Å². The van der Waals surface area contributed by atoms with E-state index in [0.29, 0.717) is 0 Å². The van der Waals surface area contributed by atoms with Crippen LogP contribution >= 0.6 is 11.6 Å². The van der Waals surface area contributed by atoms with Crippen molar-refractivity contribution in [2.75, 3.05) is 0 Å². The van der Waals surface area contributed by atoms with Gasteiger partial charge in [-0.3, -0.25) is 0 Å². The summed E-state index contributed by atoms with van der Waals surface area (Å²) in [6.07, 6.45) is -0.516. The number of hydrazine groups is 1. The molecule has 0 saturated carbocycles. The predicted molar refractivity (Wildman–Crippen MR) is 94.8 cm³/mol. The summed E-state index contributed by atoms with van der Waals surface area (Å²) in [6.45, 7) is 0. The van der Waals surface area contributed by atoms with Gasteiger partial charge in [-0.25, -0.2) is 15.2 Å². The molecule has 2 heterocycles. The zero-order valence-corrected chi connectivity index (χ0v) is 14.4. The van der Waals surface area contributed by atoms with Crippen molar-refractivity contribution in [1.82, 2.24) is 10.9 Å². The second-order valence-electron chi connectivity index (χ2n) is 6.30. The number of nitrogens with two attached hydrogens (primary N) is 1. The maximum Gasteiger partial charge on any atom is 0.200 e. The zero-order chi connectivity index (χ0) is 18.3. The number of benzene rings is 2. The fraction of sp³-hybridized carbons (Fsp3) is 0.211. The van der Waals surface area contributed by atoms with E-state index in [-0.39, 0.29) is 34.0 Å². The topological polar surface area (TPSA) is 83.1 Å². The second kappa shape index (κ2) is 6.61. The summed E-state index contributed by atoms with van der Waals surface area (Å²) < 4.78 is 20.4. The Morgan fingerprint density at radius 2 is 1.88 bits per heavy atom. The molecule has 0 aliphatic carbocycles. The number of ether oxygens (including phenoxy) is 1. The Bertz CT molecular complexity index is 891. The first-order chi connectivity index (χ1) is 12.6. The van der Waals surface area contributed by atoms with Gasteiger partial charge in [-0.05, 0) is 17.7 Å². The van der Waals surface area contributed by atoms with Crippen molar-refractivity contribution in [3.8, 4) is 6.07 Å². The Balaban J connectivity index is 1.89. The monoisotopic (exact) mass is 370 g/mol. The lowest BCUT2D eigenvalue weighted by Crippen LogP contribution is -2.41. The van der Waals surface area contributed by atoms with Crippen LogP contribution in [0.4, 0.5) is 4.39 Å². The molecule has 132 valence electrons. The lowest BCUT2D eigenvalue weighted by Gasteiger charge is -2.36. The lowest BCUT2D eigenvalue weighted by molar-refractivity contribution is 0.0336. The van der Waals surface area contributed by atoms with Gasteiger partial charge in [-0.1, -0.05) is 48.0 Å². The van der Waals surface area contributed by atoms with Crippen molar-refractivity contribution in [3.63, 3.8) is 0 Å². The first-order valence-electron chi connectivity index (χ1n) is 8.18. The molecule has 1 saturated heterocycles. The molecule has 1 fully saturated rings. The van der Waals surface area contributed by atoms with Crippen molar-refractivity contribution >= 4 is 11.6 Å². The van der Waals surface area contributed by atoms with Crippen LogP contribution in [0.1, 0.15) is 23.1 Å². The molecule has 5 nitrogen and oxygen atoms in total. The van der Waals surface area contributed by atoms with Crippen LogP contribution in [0.25, 0.3) is 0 Å². The van der Waals surface area contributed by atoms with E-state index in [1.165, 1.54) is 12.1 Å². The number of fused-ring (bicyclic) bond motifs is 1. The van der Waals surface area contributed by atoms with Crippen LogP contribution in [0, 0.1) is 23.1 Å². The number of rotatable bonds is 2. The number of hydrogen-bond donors (Lipinski definition) is 3. The number of allylic oxidation sites excluding steroid dienone is 1. The van der Waals surface area contributed by atoms with E-state index in [4.69, 9.17) is 22.1 Å². The van der Waals surface area contributed by atoms with Crippen molar-refractivity contribution in [2.45, 2.75) is 18.2 Å². The highest BCUT2D eigenvalue weighted by molar-refractivity contribution is 6.31. The van der Waals surface area contributed by atoms with E-state index in [9.17, 15) is 9.65 Å². The van der Waals surface area contributed by atoms with Gasteiger partial charge in [0.05, 0.1) is 11.6 Å². The number of halogens is 2. The standard InChI is InChI=1S/C19H16ClFN4O/c20-12-7-4-8-13(21)15(12)14-11(9-22)18(23)26-19-16(14)17(24-25-19)10-5-2-1-3-6-10/h1-8,14,16-17,19,24-25H,23H2. The van der Waals surface area contributed by atoms with Crippen LogP contribution in [-0.2, 0) is 4.74 Å². The Morgan fingerprint density at radius 1 is 1.12 bits per heavy atom. The summed E-state index contributed by atoms with van der Waals surface area (Å²) in [4.78, 5) is 0. The molecule has 4 rings (SSSR count). The fourth-order valence-corrected chi connectivity index (χ4v) is 4.08. The van der Waals surface area contributed by atoms with Gasteiger partial charge in [-0.15, -0.1) is 0 Å². The van der Waals surface area contributed by atoms with Crippen LogP contribution in [-0.4, -0.2) is 6.23 Å². The minimum absolute atomic E-state index is 0.0129. The Hall–Kier alpha value is -2.59. The third-order valence-electron chi connectivity index (χ3n) is 4.92. The minimum atomic E-state index is -0.639.